The van der Waals surface area contributed by atoms with Crippen LogP contribution in [0.1, 0.15) is 31.2 Å². The van der Waals surface area contributed by atoms with Gasteiger partial charge in [0.15, 0.2) is 5.13 Å². The summed E-state index contributed by atoms with van der Waals surface area (Å²) in [6, 6.07) is 8.32. The summed E-state index contributed by atoms with van der Waals surface area (Å²) in [6.45, 7) is 2.08. The molecule has 2 bridgehead atoms. The molecule has 0 aliphatic heterocycles. The van der Waals surface area contributed by atoms with Crippen LogP contribution < -0.4 is 5.32 Å². The van der Waals surface area contributed by atoms with Crippen molar-refractivity contribution in [2.75, 3.05) is 5.32 Å². The zero-order valence-electron chi connectivity index (χ0n) is 12.7. The lowest BCUT2D eigenvalue weighted by atomic mass is 9.88. The van der Waals surface area contributed by atoms with E-state index in [1.165, 1.54) is 36.2 Å². The van der Waals surface area contributed by atoms with Crippen molar-refractivity contribution in [2.24, 2.45) is 17.8 Å². The van der Waals surface area contributed by atoms with E-state index in [4.69, 9.17) is 0 Å². The third kappa shape index (κ3) is 2.56. The molecule has 3 atom stereocenters. The first-order valence-corrected chi connectivity index (χ1v) is 8.90. The van der Waals surface area contributed by atoms with E-state index in [1.807, 2.05) is 5.38 Å². The zero-order chi connectivity index (χ0) is 15.1. The highest BCUT2D eigenvalue weighted by Gasteiger charge is 2.43. The van der Waals surface area contributed by atoms with Crippen LogP contribution in [0.3, 0.4) is 0 Å². The number of aryl methyl sites for hydroxylation is 1. The van der Waals surface area contributed by atoms with Crippen molar-refractivity contribution in [2.45, 2.75) is 32.6 Å². The van der Waals surface area contributed by atoms with E-state index in [1.54, 1.807) is 0 Å². The summed E-state index contributed by atoms with van der Waals surface area (Å²) in [5.41, 5.74) is 3.28. The molecule has 4 rings (SSSR count). The van der Waals surface area contributed by atoms with Gasteiger partial charge in [0.1, 0.15) is 0 Å². The van der Waals surface area contributed by atoms with Gasteiger partial charge in [-0.25, -0.2) is 4.98 Å². The van der Waals surface area contributed by atoms with Crippen LogP contribution in [0, 0.1) is 24.7 Å². The Bertz CT molecular complexity index is 691. The maximum atomic E-state index is 12.5. The monoisotopic (exact) mass is 312 g/mol. The summed E-state index contributed by atoms with van der Waals surface area (Å²) in [6.07, 6.45) is 4.88. The van der Waals surface area contributed by atoms with Crippen molar-refractivity contribution in [1.82, 2.24) is 4.98 Å². The lowest BCUT2D eigenvalue weighted by Crippen LogP contribution is -2.27. The van der Waals surface area contributed by atoms with E-state index < -0.39 is 0 Å². The molecule has 1 heterocycles. The van der Waals surface area contributed by atoms with Crippen molar-refractivity contribution in [1.29, 1.82) is 0 Å². The molecule has 2 saturated carbocycles. The minimum Gasteiger partial charge on any atom is -0.302 e. The molecule has 22 heavy (non-hydrogen) atoms. The maximum Gasteiger partial charge on any atom is 0.229 e. The molecule has 3 nitrogen and oxygen atoms in total. The smallest absolute Gasteiger partial charge is 0.229 e. The average Bonchev–Trinajstić information content (AvgIpc) is 3.24. The summed E-state index contributed by atoms with van der Waals surface area (Å²) in [4.78, 5) is 17.0. The van der Waals surface area contributed by atoms with Crippen LogP contribution in [0.4, 0.5) is 5.13 Å². The molecule has 114 valence electrons. The first-order chi connectivity index (χ1) is 10.7. The number of aromatic nitrogens is 1. The first-order valence-electron chi connectivity index (χ1n) is 8.02. The van der Waals surface area contributed by atoms with Gasteiger partial charge >= 0.3 is 0 Å². The number of nitrogens with one attached hydrogen (secondary N) is 1. The fraction of sp³-hybridized carbons (Fsp3) is 0.444. The Hall–Kier alpha value is -1.68. The van der Waals surface area contributed by atoms with E-state index in [0.717, 1.165) is 28.7 Å². The van der Waals surface area contributed by atoms with Crippen molar-refractivity contribution in [3.8, 4) is 11.3 Å². The number of rotatable bonds is 3. The van der Waals surface area contributed by atoms with Crippen LogP contribution in [0.15, 0.2) is 29.6 Å². The molecule has 1 aromatic heterocycles. The normalized spacial score (nSPS) is 26.3. The Balaban J connectivity index is 1.45. The highest BCUT2D eigenvalue weighted by molar-refractivity contribution is 7.14. The minimum absolute atomic E-state index is 0.178. The molecule has 0 radical (unpaired) electrons. The fourth-order valence-corrected chi connectivity index (χ4v) is 4.67. The molecule has 2 fully saturated rings. The van der Waals surface area contributed by atoms with Gasteiger partial charge in [0.05, 0.1) is 5.69 Å². The summed E-state index contributed by atoms with van der Waals surface area (Å²) in [5, 5.41) is 5.78. The molecule has 1 amide bonds. The second-order valence-electron chi connectivity index (χ2n) is 6.67. The Morgan fingerprint density at radius 2 is 2.05 bits per heavy atom. The molecule has 0 spiro atoms. The number of benzene rings is 1. The molecule has 2 aliphatic rings. The van der Waals surface area contributed by atoms with E-state index >= 15 is 0 Å². The summed E-state index contributed by atoms with van der Waals surface area (Å²) < 4.78 is 0. The van der Waals surface area contributed by atoms with Gasteiger partial charge in [0.2, 0.25) is 5.91 Å². The van der Waals surface area contributed by atoms with Gasteiger partial charge in [-0.1, -0.05) is 36.2 Å². The summed E-state index contributed by atoms with van der Waals surface area (Å²) >= 11 is 1.51. The molecular weight excluding hydrogens is 292 g/mol. The van der Waals surface area contributed by atoms with Crippen molar-refractivity contribution in [3.63, 3.8) is 0 Å². The van der Waals surface area contributed by atoms with Gasteiger partial charge in [-0.3, -0.25) is 4.79 Å². The number of fused-ring (bicyclic) bond motifs is 2. The molecule has 2 aliphatic carbocycles. The molecular formula is C18H20N2OS. The largest absolute Gasteiger partial charge is 0.302 e. The van der Waals surface area contributed by atoms with E-state index in [-0.39, 0.29) is 11.8 Å². The molecule has 0 saturated heterocycles. The highest BCUT2D eigenvalue weighted by atomic mass is 32.1. The standard InChI is InChI=1S/C18H20N2OS/c1-11-2-5-13(6-3-11)16-10-22-18(19-16)20-17(21)15-9-12-4-7-14(15)8-12/h2-3,5-6,10,12,14-15H,4,7-9H2,1H3,(H,19,20,21)/t12-,14-,15-/m0/s1. The fourth-order valence-electron chi connectivity index (χ4n) is 3.95. The predicted molar refractivity (Wildman–Crippen MR) is 89.9 cm³/mol. The molecule has 4 heteroatoms. The number of carbonyl (C=O) groups excluding carboxylic acids is 1. The molecule has 1 N–H and O–H groups in total. The summed E-state index contributed by atoms with van der Waals surface area (Å²) in [5.74, 6) is 1.80. The Morgan fingerprint density at radius 3 is 2.73 bits per heavy atom. The molecule has 2 aromatic rings. The van der Waals surface area contributed by atoms with E-state index in [0.29, 0.717) is 5.92 Å². The van der Waals surface area contributed by atoms with Crippen LogP contribution in [-0.4, -0.2) is 10.9 Å². The van der Waals surface area contributed by atoms with Crippen LogP contribution >= 0.6 is 11.3 Å². The van der Waals surface area contributed by atoms with Crippen molar-refractivity contribution < 1.29 is 4.79 Å². The maximum absolute atomic E-state index is 12.5. The lowest BCUT2D eigenvalue weighted by Gasteiger charge is -2.19. The predicted octanol–water partition coefficient (Wildman–Crippen LogP) is 4.49. The van der Waals surface area contributed by atoms with Gasteiger partial charge in [-0.2, -0.15) is 0 Å². The van der Waals surface area contributed by atoms with Gasteiger partial charge in [0.25, 0.3) is 0 Å². The second-order valence-corrected chi connectivity index (χ2v) is 7.53. The SMILES string of the molecule is Cc1ccc(-c2csc(NC(=O)[C@H]3C[C@H]4CC[C@H]3C4)n2)cc1. The van der Waals surface area contributed by atoms with Crippen LogP contribution in [0.25, 0.3) is 11.3 Å². The Morgan fingerprint density at radius 1 is 1.23 bits per heavy atom. The van der Waals surface area contributed by atoms with Gasteiger partial charge in [-0.15, -0.1) is 11.3 Å². The van der Waals surface area contributed by atoms with Crippen LogP contribution in [0.5, 0.6) is 0 Å². The van der Waals surface area contributed by atoms with Crippen molar-refractivity contribution >= 4 is 22.4 Å². The zero-order valence-corrected chi connectivity index (χ0v) is 13.5. The highest BCUT2D eigenvalue weighted by Crippen LogP contribution is 2.48. The number of nitrogens with zero attached hydrogens (tertiary/aromatic N) is 1. The molecule has 0 unspecified atom stereocenters. The number of amides is 1. The lowest BCUT2D eigenvalue weighted by molar-refractivity contribution is -0.121. The second kappa shape index (κ2) is 5.51. The third-order valence-corrected chi connectivity index (χ3v) is 5.91. The number of anilines is 1. The first kappa shape index (κ1) is 13.9. The van der Waals surface area contributed by atoms with Gasteiger partial charge in [0, 0.05) is 16.9 Å². The minimum atomic E-state index is 0.178. The Labute approximate surface area is 134 Å². The van der Waals surface area contributed by atoms with Gasteiger partial charge in [-0.05, 0) is 38.0 Å². The van der Waals surface area contributed by atoms with Gasteiger partial charge < -0.3 is 5.32 Å². The number of carbonyl (C=O) groups is 1. The van der Waals surface area contributed by atoms with Crippen LogP contribution in [0.2, 0.25) is 0 Å². The number of hydrogen-bond acceptors (Lipinski definition) is 3. The Kier molecular flexibility index (Phi) is 3.49. The summed E-state index contributed by atoms with van der Waals surface area (Å²) in [7, 11) is 0. The van der Waals surface area contributed by atoms with Crippen molar-refractivity contribution in [3.05, 3.63) is 35.2 Å². The number of thiazole rings is 1. The quantitative estimate of drug-likeness (QED) is 0.907. The van der Waals surface area contributed by atoms with E-state index in [2.05, 4.69) is 41.5 Å². The third-order valence-electron chi connectivity index (χ3n) is 5.16. The average molecular weight is 312 g/mol. The number of hydrogen-bond donors (Lipinski definition) is 1. The molecule has 1 aromatic carbocycles. The topological polar surface area (TPSA) is 42.0 Å². The van der Waals surface area contributed by atoms with E-state index in [9.17, 15) is 4.79 Å². The van der Waals surface area contributed by atoms with Crippen LogP contribution in [-0.2, 0) is 4.79 Å².